The number of rotatable bonds is 8. The van der Waals surface area contributed by atoms with E-state index in [1.807, 2.05) is 6.07 Å². The van der Waals surface area contributed by atoms with E-state index in [1.54, 1.807) is 61.5 Å². The Morgan fingerprint density at radius 3 is 2.00 bits per heavy atom. The zero-order chi connectivity index (χ0) is 21.9. The van der Waals surface area contributed by atoms with Crippen molar-refractivity contribution in [3.8, 4) is 0 Å². The van der Waals surface area contributed by atoms with Gasteiger partial charge < -0.3 is 15.4 Å². The first kappa shape index (κ1) is 22.6. The van der Waals surface area contributed by atoms with Crippen LogP contribution in [0.4, 0.5) is 4.79 Å². The lowest BCUT2D eigenvalue weighted by Crippen LogP contribution is -2.42. The lowest BCUT2D eigenvalue weighted by molar-refractivity contribution is -0.156. The number of urea groups is 1. The molecule has 8 heteroatoms. The molecule has 4 amide bonds. The molecule has 3 N–H and O–H groups in total. The van der Waals surface area contributed by atoms with Gasteiger partial charge in [-0.25, -0.2) is 4.79 Å². The SMILES string of the molecule is CCNC(=O)NC(=O)[C@H](OC(=O)C[C@@H](NC(C)=O)c1ccccc1)c1ccccc1. The van der Waals surface area contributed by atoms with Gasteiger partial charge in [0.25, 0.3) is 5.91 Å². The zero-order valence-electron chi connectivity index (χ0n) is 16.9. The van der Waals surface area contributed by atoms with Gasteiger partial charge in [-0.15, -0.1) is 0 Å². The van der Waals surface area contributed by atoms with Crippen LogP contribution in [0.15, 0.2) is 60.7 Å². The van der Waals surface area contributed by atoms with Gasteiger partial charge in [0.1, 0.15) is 0 Å². The van der Waals surface area contributed by atoms with Crippen LogP contribution in [-0.4, -0.2) is 30.4 Å². The maximum Gasteiger partial charge on any atom is 0.321 e. The van der Waals surface area contributed by atoms with Crippen molar-refractivity contribution >= 4 is 23.8 Å². The third-order valence-corrected chi connectivity index (χ3v) is 4.11. The number of nitrogens with one attached hydrogen (secondary N) is 3. The summed E-state index contributed by atoms with van der Waals surface area (Å²) in [5.41, 5.74) is 1.15. The van der Waals surface area contributed by atoms with E-state index >= 15 is 0 Å². The quantitative estimate of drug-likeness (QED) is 0.577. The minimum Gasteiger partial charge on any atom is -0.447 e. The number of hydrogen-bond donors (Lipinski definition) is 3. The molecule has 0 aliphatic rings. The first-order chi connectivity index (χ1) is 14.4. The molecular weight excluding hydrogens is 386 g/mol. The molecule has 2 atom stereocenters. The summed E-state index contributed by atoms with van der Waals surface area (Å²) >= 11 is 0. The molecule has 0 heterocycles. The van der Waals surface area contributed by atoms with Crippen molar-refractivity contribution < 1.29 is 23.9 Å². The maximum absolute atomic E-state index is 12.7. The Morgan fingerprint density at radius 1 is 0.900 bits per heavy atom. The minimum absolute atomic E-state index is 0.179. The zero-order valence-corrected chi connectivity index (χ0v) is 16.9. The maximum atomic E-state index is 12.7. The second-order valence-electron chi connectivity index (χ2n) is 6.50. The van der Waals surface area contributed by atoms with Crippen molar-refractivity contribution in [2.45, 2.75) is 32.4 Å². The Labute approximate surface area is 175 Å². The molecule has 2 aromatic rings. The minimum atomic E-state index is -1.31. The number of hydrogen-bond acceptors (Lipinski definition) is 5. The molecule has 30 heavy (non-hydrogen) atoms. The molecule has 0 aliphatic carbocycles. The highest BCUT2D eigenvalue weighted by molar-refractivity contribution is 5.97. The van der Waals surface area contributed by atoms with Crippen molar-refractivity contribution in [1.82, 2.24) is 16.0 Å². The molecule has 0 radical (unpaired) electrons. The fourth-order valence-electron chi connectivity index (χ4n) is 2.81. The molecule has 0 saturated carbocycles. The van der Waals surface area contributed by atoms with Crippen LogP contribution in [-0.2, 0) is 19.1 Å². The summed E-state index contributed by atoms with van der Waals surface area (Å²) in [7, 11) is 0. The lowest BCUT2D eigenvalue weighted by atomic mass is 10.0. The predicted octanol–water partition coefficient (Wildman–Crippen LogP) is 2.38. The van der Waals surface area contributed by atoms with Crippen LogP contribution in [0, 0.1) is 0 Å². The Hall–Kier alpha value is -3.68. The van der Waals surface area contributed by atoms with Crippen molar-refractivity contribution in [2.24, 2.45) is 0 Å². The predicted molar refractivity (Wildman–Crippen MR) is 110 cm³/mol. The lowest BCUT2D eigenvalue weighted by Gasteiger charge is -2.21. The number of esters is 1. The summed E-state index contributed by atoms with van der Waals surface area (Å²) in [6.45, 7) is 3.41. The first-order valence-corrected chi connectivity index (χ1v) is 9.55. The average molecular weight is 411 g/mol. The van der Waals surface area contributed by atoms with Gasteiger partial charge in [0.2, 0.25) is 12.0 Å². The molecule has 0 spiro atoms. The van der Waals surface area contributed by atoms with Gasteiger partial charge in [-0.1, -0.05) is 60.7 Å². The summed E-state index contributed by atoms with van der Waals surface area (Å²) in [5.74, 6) is -1.76. The molecule has 2 rings (SSSR count). The van der Waals surface area contributed by atoms with Gasteiger partial charge in [-0.3, -0.25) is 19.7 Å². The van der Waals surface area contributed by atoms with E-state index in [0.717, 1.165) is 5.56 Å². The second kappa shape index (κ2) is 11.4. The molecule has 8 nitrogen and oxygen atoms in total. The Balaban J connectivity index is 2.17. The molecule has 0 fully saturated rings. The largest absolute Gasteiger partial charge is 0.447 e. The molecule has 0 unspecified atom stereocenters. The summed E-state index contributed by atoms with van der Waals surface area (Å²) in [5, 5.41) is 7.33. The monoisotopic (exact) mass is 411 g/mol. The topological polar surface area (TPSA) is 114 Å². The van der Waals surface area contributed by atoms with Gasteiger partial charge in [0.15, 0.2) is 0 Å². The Bertz CT molecular complexity index is 871. The number of imide groups is 1. The number of carbonyl (C=O) groups is 4. The highest BCUT2D eigenvalue weighted by Crippen LogP contribution is 2.22. The normalized spacial score (nSPS) is 12.2. The Kier molecular flexibility index (Phi) is 8.56. The molecule has 158 valence electrons. The first-order valence-electron chi connectivity index (χ1n) is 9.55. The molecule has 0 saturated heterocycles. The van der Waals surface area contributed by atoms with E-state index in [9.17, 15) is 19.2 Å². The number of amides is 4. The molecule has 2 aromatic carbocycles. The molecule has 0 aliphatic heterocycles. The molecule has 0 aromatic heterocycles. The molecule has 0 bridgehead atoms. The van der Waals surface area contributed by atoms with Crippen LogP contribution in [0.5, 0.6) is 0 Å². The van der Waals surface area contributed by atoms with Gasteiger partial charge in [-0.2, -0.15) is 0 Å². The standard InChI is InChI=1S/C22H25N3O5/c1-3-23-22(29)25-21(28)20(17-12-8-5-9-13-17)30-19(27)14-18(24-15(2)26)16-10-6-4-7-11-16/h4-13,18,20H,3,14H2,1-2H3,(H,24,26)(H2,23,25,28,29)/t18-,20-/m1/s1. The van der Waals surface area contributed by atoms with Crippen molar-refractivity contribution in [2.75, 3.05) is 6.54 Å². The highest BCUT2D eigenvalue weighted by Gasteiger charge is 2.28. The summed E-state index contributed by atoms with van der Waals surface area (Å²) in [4.78, 5) is 48.5. The summed E-state index contributed by atoms with van der Waals surface area (Å²) in [6.07, 6.45) is -1.49. The van der Waals surface area contributed by atoms with Crippen LogP contribution in [0.2, 0.25) is 0 Å². The second-order valence-corrected chi connectivity index (χ2v) is 6.50. The highest BCUT2D eigenvalue weighted by atomic mass is 16.5. The smallest absolute Gasteiger partial charge is 0.321 e. The number of benzene rings is 2. The van der Waals surface area contributed by atoms with Crippen molar-refractivity contribution in [3.05, 3.63) is 71.8 Å². The van der Waals surface area contributed by atoms with Crippen molar-refractivity contribution in [3.63, 3.8) is 0 Å². The van der Waals surface area contributed by atoms with E-state index in [-0.39, 0.29) is 12.3 Å². The van der Waals surface area contributed by atoms with Gasteiger partial charge in [0, 0.05) is 19.0 Å². The fourth-order valence-corrected chi connectivity index (χ4v) is 2.81. The van der Waals surface area contributed by atoms with Crippen LogP contribution in [0.3, 0.4) is 0 Å². The number of carbonyl (C=O) groups excluding carboxylic acids is 4. The van der Waals surface area contributed by atoms with Gasteiger partial charge >= 0.3 is 12.0 Å². The third-order valence-electron chi connectivity index (χ3n) is 4.11. The van der Waals surface area contributed by atoms with Crippen LogP contribution < -0.4 is 16.0 Å². The van der Waals surface area contributed by atoms with Crippen molar-refractivity contribution in [1.29, 1.82) is 0 Å². The summed E-state index contributed by atoms with van der Waals surface area (Å²) in [6, 6.07) is 16.1. The van der Waals surface area contributed by atoms with E-state index in [0.29, 0.717) is 12.1 Å². The van der Waals surface area contributed by atoms with Crippen LogP contribution in [0.25, 0.3) is 0 Å². The van der Waals surface area contributed by atoms with Crippen LogP contribution in [0.1, 0.15) is 43.5 Å². The fraction of sp³-hybridized carbons (Fsp3) is 0.273. The average Bonchev–Trinajstić information content (AvgIpc) is 2.72. The summed E-state index contributed by atoms with van der Waals surface area (Å²) < 4.78 is 5.43. The van der Waals surface area contributed by atoms with Gasteiger partial charge in [0.05, 0.1) is 12.5 Å². The van der Waals surface area contributed by atoms with Crippen LogP contribution >= 0.6 is 0 Å². The van der Waals surface area contributed by atoms with Gasteiger partial charge in [-0.05, 0) is 12.5 Å². The molecular formula is C22H25N3O5. The van der Waals surface area contributed by atoms with E-state index < -0.39 is 30.1 Å². The number of ether oxygens (including phenoxy) is 1. The van der Waals surface area contributed by atoms with E-state index in [1.165, 1.54) is 6.92 Å². The van der Waals surface area contributed by atoms with E-state index in [4.69, 9.17) is 4.74 Å². The Morgan fingerprint density at radius 2 is 1.47 bits per heavy atom. The third kappa shape index (κ3) is 7.05. The van der Waals surface area contributed by atoms with E-state index in [2.05, 4.69) is 16.0 Å².